The van der Waals surface area contributed by atoms with Crippen molar-refractivity contribution in [1.82, 2.24) is 0 Å². The molecule has 0 amide bonds. The molecule has 0 aromatic heterocycles. The molecule has 78 valence electrons. The predicted octanol–water partition coefficient (Wildman–Crippen LogP) is 1.73. The molecule has 0 aliphatic carbocycles. The van der Waals surface area contributed by atoms with Crippen LogP contribution in [0, 0.1) is 5.92 Å². The summed E-state index contributed by atoms with van der Waals surface area (Å²) in [5.41, 5.74) is 0. The molecule has 1 rings (SSSR count). The van der Waals surface area contributed by atoms with Crippen molar-refractivity contribution in [3.05, 3.63) is 0 Å². The highest BCUT2D eigenvalue weighted by atomic mass is 19.4. The third-order valence-electron chi connectivity index (χ3n) is 2.28. The first-order valence-corrected chi connectivity index (χ1v) is 4.32. The van der Waals surface area contributed by atoms with Crippen LogP contribution in [0.15, 0.2) is 0 Å². The van der Waals surface area contributed by atoms with Gasteiger partial charge in [0.1, 0.15) is 6.10 Å². The average molecular weight is 198 g/mol. The normalized spacial score (nSPS) is 23.1. The molecule has 1 saturated heterocycles. The molecule has 1 aliphatic rings. The predicted molar refractivity (Wildman–Crippen MR) is 40.2 cm³/mol. The van der Waals surface area contributed by atoms with Crippen LogP contribution in [0.4, 0.5) is 13.2 Å². The summed E-state index contributed by atoms with van der Waals surface area (Å²) in [6.07, 6.45) is -5.60. The van der Waals surface area contributed by atoms with Crippen molar-refractivity contribution in [3.8, 4) is 0 Å². The van der Waals surface area contributed by atoms with Gasteiger partial charge in [0.15, 0.2) is 0 Å². The second kappa shape index (κ2) is 4.28. The third kappa shape index (κ3) is 3.52. The Morgan fingerprint density at radius 2 is 1.85 bits per heavy atom. The van der Waals surface area contributed by atoms with E-state index in [9.17, 15) is 13.2 Å². The van der Waals surface area contributed by atoms with Gasteiger partial charge in [0.2, 0.25) is 0 Å². The van der Waals surface area contributed by atoms with Gasteiger partial charge in [0.25, 0.3) is 0 Å². The molecule has 2 nitrogen and oxygen atoms in total. The Balaban J connectivity index is 2.30. The molecule has 1 aliphatic heterocycles. The molecule has 0 spiro atoms. The fourth-order valence-electron chi connectivity index (χ4n) is 1.43. The summed E-state index contributed by atoms with van der Waals surface area (Å²) < 4.78 is 40.8. The lowest BCUT2D eigenvalue weighted by Gasteiger charge is -2.25. The highest BCUT2D eigenvalue weighted by Crippen LogP contribution is 2.28. The summed E-state index contributed by atoms with van der Waals surface area (Å²) in [5, 5.41) is 8.77. The monoisotopic (exact) mass is 198 g/mol. The number of rotatable bonds is 2. The van der Waals surface area contributed by atoms with Crippen LogP contribution in [0.1, 0.15) is 19.3 Å². The zero-order valence-corrected chi connectivity index (χ0v) is 7.18. The standard InChI is InChI=1S/C8H13F3O2/c9-8(10,11)7(12)5-6-1-3-13-4-2-6/h6-7,12H,1-5H2/t7-/m1/s1. The van der Waals surface area contributed by atoms with Crippen molar-refractivity contribution >= 4 is 0 Å². The fourth-order valence-corrected chi connectivity index (χ4v) is 1.43. The fraction of sp³-hybridized carbons (Fsp3) is 1.00. The minimum Gasteiger partial charge on any atom is -0.384 e. The van der Waals surface area contributed by atoms with Crippen molar-refractivity contribution in [3.63, 3.8) is 0 Å². The van der Waals surface area contributed by atoms with E-state index < -0.39 is 12.3 Å². The van der Waals surface area contributed by atoms with Gasteiger partial charge in [-0.25, -0.2) is 0 Å². The number of halogens is 3. The smallest absolute Gasteiger partial charge is 0.384 e. The Labute approximate surface area is 74.7 Å². The summed E-state index contributed by atoms with van der Waals surface area (Å²) in [6, 6.07) is 0. The second-order valence-electron chi connectivity index (χ2n) is 3.35. The molecule has 5 heteroatoms. The maximum atomic E-state index is 11.9. The Morgan fingerprint density at radius 1 is 1.31 bits per heavy atom. The Bertz CT molecular complexity index is 152. The summed E-state index contributed by atoms with van der Waals surface area (Å²) in [4.78, 5) is 0. The molecule has 13 heavy (non-hydrogen) atoms. The SMILES string of the molecule is O[C@H](CC1CCOCC1)C(F)(F)F. The van der Waals surface area contributed by atoms with Crippen LogP contribution >= 0.6 is 0 Å². The maximum Gasteiger partial charge on any atom is 0.414 e. The van der Waals surface area contributed by atoms with Gasteiger partial charge in [-0.2, -0.15) is 13.2 Å². The van der Waals surface area contributed by atoms with Gasteiger partial charge in [-0.1, -0.05) is 0 Å². The third-order valence-corrected chi connectivity index (χ3v) is 2.28. The first-order chi connectivity index (χ1) is 6.00. The van der Waals surface area contributed by atoms with E-state index >= 15 is 0 Å². The number of ether oxygens (including phenoxy) is 1. The Hall–Kier alpha value is -0.290. The molecule has 1 fully saturated rings. The summed E-state index contributed by atoms with van der Waals surface area (Å²) in [7, 11) is 0. The Kier molecular flexibility index (Phi) is 3.55. The lowest BCUT2D eigenvalue weighted by atomic mass is 9.93. The minimum atomic E-state index is -4.47. The molecule has 0 aromatic rings. The lowest BCUT2D eigenvalue weighted by Crippen LogP contribution is -2.32. The van der Waals surface area contributed by atoms with E-state index in [1.165, 1.54) is 0 Å². The highest BCUT2D eigenvalue weighted by Gasteiger charge is 2.39. The van der Waals surface area contributed by atoms with Crippen molar-refractivity contribution in [2.24, 2.45) is 5.92 Å². The molecule has 1 N–H and O–H groups in total. The van der Waals surface area contributed by atoms with Gasteiger partial charge in [-0.05, 0) is 25.2 Å². The highest BCUT2D eigenvalue weighted by molar-refractivity contribution is 4.72. The second-order valence-corrected chi connectivity index (χ2v) is 3.35. The Morgan fingerprint density at radius 3 is 2.31 bits per heavy atom. The van der Waals surface area contributed by atoms with Gasteiger partial charge in [-0.3, -0.25) is 0 Å². The van der Waals surface area contributed by atoms with E-state index in [0.717, 1.165) is 0 Å². The molecule has 0 bridgehead atoms. The van der Waals surface area contributed by atoms with Crippen LogP contribution in [0.2, 0.25) is 0 Å². The first kappa shape index (κ1) is 10.8. The topological polar surface area (TPSA) is 29.5 Å². The number of aliphatic hydroxyl groups excluding tert-OH is 1. The minimum absolute atomic E-state index is 0.0506. The van der Waals surface area contributed by atoms with Crippen molar-refractivity contribution in [2.45, 2.75) is 31.5 Å². The number of aliphatic hydroxyl groups is 1. The molecule has 1 atom stereocenters. The van der Waals surface area contributed by atoms with E-state index in [4.69, 9.17) is 9.84 Å². The van der Waals surface area contributed by atoms with Crippen LogP contribution < -0.4 is 0 Å². The van der Waals surface area contributed by atoms with E-state index in [0.29, 0.717) is 26.1 Å². The maximum absolute atomic E-state index is 11.9. The molecular formula is C8H13F3O2. The number of hydrogen-bond acceptors (Lipinski definition) is 2. The molecule has 0 saturated carbocycles. The van der Waals surface area contributed by atoms with Crippen molar-refractivity contribution in [2.75, 3.05) is 13.2 Å². The van der Waals surface area contributed by atoms with Gasteiger partial charge in [-0.15, -0.1) is 0 Å². The van der Waals surface area contributed by atoms with Crippen molar-refractivity contribution in [1.29, 1.82) is 0 Å². The van der Waals surface area contributed by atoms with E-state index in [2.05, 4.69) is 0 Å². The summed E-state index contributed by atoms with van der Waals surface area (Å²) >= 11 is 0. The number of alkyl halides is 3. The van der Waals surface area contributed by atoms with Gasteiger partial charge >= 0.3 is 6.18 Å². The molecule has 0 radical (unpaired) electrons. The van der Waals surface area contributed by atoms with Gasteiger partial charge in [0.05, 0.1) is 0 Å². The largest absolute Gasteiger partial charge is 0.414 e. The summed E-state index contributed by atoms with van der Waals surface area (Å²) in [6.45, 7) is 1.02. The average Bonchev–Trinajstić information content (AvgIpc) is 2.04. The van der Waals surface area contributed by atoms with E-state index in [1.54, 1.807) is 0 Å². The quantitative estimate of drug-likeness (QED) is 0.732. The molecule has 1 heterocycles. The van der Waals surface area contributed by atoms with Crippen LogP contribution in [0.5, 0.6) is 0 Å². The number of hydrogen-bond donors (Lipinski definition) is 1. The van der Waals surface area contributed by atoms with E-state index in [-0.39, 0.29) is 12.3 Å². The molecule has 0 unspecified atom stereocenters. The van der Waals surface area contributed by atoms with E-state index in [1.807, 2.05) is 0 Å². The van der Waals surface area contributed by atoms with Crippen LogP contribution in [-0.2, 0) is 4.74 Å². The zero-order valence-electron chi connectivity index (χ0n) is 7.18. The van der Waals surface area contributed by atoms with Gasteiger partial charge < -0.3 is 9.84 Å². The van der Waals surface area contributed by atoms with Crippen LogP contribution in [0.25, 0.3) is 0 Å². The molecule has 0 aromatic carbocycles. The van der Waals surface area contributed by atoms with Crippen LogP contribution in [-0.4, -0.2) is 30.6 Å². The van der Waals surface area contributed by atoms with Crippen molar-refractivity contribution < 1.29 is 23.0 Å². The zero-order chi connectivity index (χ0) is 9.90. The molecular weight excluding hydrogens is 185 g/mol. The first-order valence-electron chi connectivity index (χ1n) is 4.32. The van der Waals surface area contributed by atoms with Gasteiger partial charge in [0, 0.05) is 13.2 Å². The summed E-state index contributed by atoms with van der Waals surface area (Å²) in [5.74, 6) is -0.0506. The lowest BCUT2D eigenvalue weighted by molar-refractivity contribution is -0.209. The van der Waals surface area contributed by atoms with Crippen LogP contribution in [0.3, 0.4) is 0 Å².